The molecule has 0 aromatic carbocycles. The molecule has 0 atom stereocenters. The molecule has 0 heterocycles. The van der Waals surface area contributed by atoms with Crippen molar-refractivity contribution in [1.82, 2.24) is 9.80 Å². The Morgan fingerprint density at radius 2 is 1.62 bits per heavy atom. The lowest BCUT2D eigenvalue weighted by Gasteiger charge is -2.24. The maximum atomic E-state index is 11.8. The zero-order valence-electron chi connectivity index (χ0n) is 13.8. The lowest BCUT2D eigenvalue weighted by atomic mass is 10.2. The zero-order valence-corrected chi connectivity index (χ0v) is 13.8. The van der Waals surface area contributed by atoms with Crippen LogP contribution in [0.15, 0.2) is 0 Å². The number of amides is 3. The Labute approximate surface area is 126 Å². The number of likely N-dealkylation sites (N-methyl/N-ethyl adjacent to an activating group) is 1. The van der Waals surface area contributed by atoms with Gasteiger partial charge in [-0.2, -0.15) is 0 Å². The normalized spacial score (nSPS) is 11.0. The van der Waals surface area contributed by atoms with E-state index in [9.17, 15) is 14.4 Å². The van der Waals surface area contributed by atoms with E-state index >= 15 is 0 Å². The molecule has 21 heavy (non-hydrogen) atoms. The molecule has 122 valence electrons. The molecule has 0 aromatic rings. The molecule has 3 amide bonds. The van der Waals surface area contributed by atoms with E-state index in [0.29, 0.717) is 13.0 Å². The number of carbonyl (C=O) groups is 3. The summed E-state index contributed by atoms with van der Waals surface area (Å²) in [6, 6.07) is 0. The van der Waals surface area contributed by atoms with Gasteiger partial charge in [0.25, 0.3) is 5.91 Å². The highest BCUT2D eigenvalue weighted by Crippen LogP contribution is 2.09. The summed E-state index contributed by atoms with van der Waals surface area (Å²) in [7, 11) is 4.42. The second kappa shape index (κ2) is 8.61. The summed E-state index contributed by atoms with van der Waals surface area (Å²) in [6.07, 6.45) is 0.205. The third-order valence-electron chi connectivity index (χ3n) is 2.61. The van der Waals surface area contributed by atoms with Crippen molar-refractivity contribution in [3.05, 3.63) is 0 Å². The van der Waals surface area contributed by atoms with Crippen LogP contribution in [-0.2, 0) is 19.1 Å². The lowest BCUT2D eigenvalue weighted by molar-refractivity contribution is -0.145. The van der Waals surface area contributed by atoms with Crippen LogP contribution in [0.3, 0.4) is 0 Å². The minimum Gasteiger partial charge on any atom is -0.444 e. The number of rotatable bonds is 6. The van der Waals surface area contributed by atoms with Gasteiger partial charge in [0.2, 0.25) is 5.91 Å². The van der Waals surface area contributed by atoms with E-state index in [0.717, 1.165) is 4.90 Å². The van der Waals surface area contributed by atoms with E-state index in [1.165, 1.54) is 19.1 Å². The van der Waals surface area contributed by atoms with E-state index in [2.05, 4.69) is 4.74 Å². The van der Waals surface area contributed by atoms with Crippen molar-refractivity contribution in [2.45, 2.75) is 39.2 Å². The molecule has 0 fully saturated rings. The van der Waals surface area contributed by atoms with E-state index < -0.39 is 11.7 Å². The van der Waals surface area contributed by atoms with Crippen molar-refractivity contribution in [2.24, 2.45) is 0 Å². The third kappa shape index (κ3) is 8.29. The minimum atomic E-state index is -0.548. The number of imide groups is 1. The molecule has 7 nitrogen and oxygen atoms in total. The van der Waals surface area contributed by atoms with Gasteiger partial charge < -0.3 is 14.4 Å². The highest BCUT2D eigenvalue weighted by Gasteiger charge is 2.20. The minimum absolute atomic E-state index is 0.125. The smallest absolute Gasteiger partial charge is 0.410 e. The molecule has 0 aliphatic rings. The topological polar surface area (TPSA) is 76.2 Å². The average Bonchev–Trinajstić information content (AvgIpc) is 2.35. The van der Waals surface area contributed by atoms with Crippen molar-refractivity contribution in [1.29, 1.82) is 0 Å². The van der Waals surface area contributed by atoms with Crippen molar-refractivity contribution in [3.8, 4) is 0 Å². The van der Waals surface area contributed by atoms with Crippen molar-refractivity contribution in [3.63, 3.8) is 0 Å². The molecule has 0 aliphatic heterocycles. The fraction of sp³-hybridized carbons (Fsp3) is 0.786. The fourth-order valence-electron chi connectivity index (χ4n) is 1.43. The van der Waals surface area contributed by atoms with Crippen LogP contribution in [0.2, 0.25) is 0 Å². The van der Waals surface area contributed by atoms with Gasteiger partial charge in [-0.1, -0.05) is 0 Å². The second-order valence-electron chi connectivity index (χ2n) is 5.78. The Morgan fingerprint density at radius 3 is 2.10 bits per heavy atom. The van der Waals surface area contributed by atoms with Crippen LogP contribution >= 0.6 is 0 Å². The van der Waals surface area contributed by atoms with Crippen molar-refractivity contribution in [2.75, 3.05) is 34.4 Å². The van der Waals surface area contributed by atoms with Crippen molar-refractivity contribution >= 4 is 17.9 Å². The van der Waals surface area contributed by atoms with Gasteiger partial charge >= 0.3 is 6.09 Å². The number of hydrogen-bond acceptors (Lipinski definition) is 5. The first-order valence-electron chi connectivity index (χ1n) is 6.81. The Bertz CT molecular complexity index is 376. The Kier molecular flexibility index (Phi) is 7.94. The number of methoxy groups -OCH3 is 1. The first kappa shape index (κ1) is 19.4. The molecular formula is C14H26N2O5. The maximum absolute atomic E-state index is 11.8. The molecule has 0 rings (SSSR count). The van der Waals surface area contributed by atoms with Crippen LogP contribution in [0.25, 0.3) is 0 Å². The predicted molar refractivity (Wildman–Crippen MR) is 77.8 cm³/mol. The SMILES string of the molecule is COCC(=O)N(C)C(=O)CCCN(C)C(=O)OC(C)(C)C. The first-order chi connectivity index (χ1) is 9.58. The van der Waals surface area contributed by atoms with Gasteiger partial charge in [0.1, 0.15) is 12.2 Å². The molecule has 0 spiro atoms. The van der Waals surface area contributed by atoms with Crippen LogP contribution in [-0.4, -0.2) is 67.7 Å². The Hall–Kier alpha value is -1.63. The van der Waals surface area contributed by atoms with Crippen molar-refractivity contribution < 1.29 is 23.9 Å². The maximum Gasteiger partial charge on any atom is 0.410 e. The van der Waals surface area contributed by atoms with Crippen LogP contribution in [0.1, 0.15) is 33.6 Å². The lowest BCUT2D eigenvalue weighted by Crippen LogP contribution is -2.37. The largest absolute Gasteiger partial charge is 0.444 e. The molecule has 0 saturated heterocycles. The van der Waals surface area contributed by atoms with E-state index in [1.54, 1.807) is 27.8 Å². The van der Waals surface area contributed by atoms with Gasteiger partial charge in [0.15, 0.2) is 0 Å². The average molecular weight is 302 g/mol. The quantitative estimate of drug-likeness (QED) is 0.738. The monoisotopic (exact) mass is 302 g/mol. The van der Waals surface area contributed by atoms with Gasteiger partial charge in [0.05, 0.1) is 0 Å². The summed E-state index contributed by atoms with van der Waals surface area (Å²) in [6.45, 7) is 5.63. The van der Waals surface area contributed by atoms with Gasteiger partial charge in [-0.3, -0.25) is 14.5 Å². The molecule has 0 N–H and O–H groups in total. The fourth-order valence-corrected chi connectivity index (χ4v) is 1.43. The first-order valence-corrected chi connectivity index (χ1v) is 6.81. The van der Waals surface area contributed by atoms with Crippen LogP contribution < -0.4 is 0 Å². The highest BCUT2D eigenvalue weighted by atomic mass is 16.6. The Morgan fingerprint density at radius 1 is 1.05 bits per heavy atom. The van der Waals surface area contributed by atoms with E-state index in [4.69, 9.17) is 4.74 Å². The zero-order chi connectivity index (χ0) is 16.6. The molecule has 0 radical (unpaired) electrons. The molecule has 0 unspecified atom stereocenters. The van der Waals surface area contributed by atoms with Gasteiger partial charge in [0, 0.05) is 34.2 Å². The molecule has 0 aromatic heterocycles. The van der Waals surface area contributed by atoms with Crippen LogP contribution in [0, 0.1) is 0 Å². The molecule has 0 saturated carbocycles. The predicted octanol–water partition coefficient (Wildman–Crippen LogP) is 1.26. The van der Waals surface area contributed by atoms with E-state index in [1.807, 2.05) is 0 Å². The molecule has 7 heteroatoms. The van der Waals surface area contributed by atoms with E-state index in [-0.39, 0.29) is 24.8 Å². The third-order valence-corrected chi connectivity index (χ3v) is 2.61. The summed E-state index contributed by atoms with van der Waals surface area (Å²) in [5, 5.41) is 0. The summed E-state index contributed by atoms with van der Waals surface area (Å²) < 4.78 is 9.88. The van der Waals surface area contributed by atoms with Gasteiger partial charge in [-0.25, -0.2) is 4.79 Å². The summed E-state index contributed by atoms with van der Waals surface area (Å²) in [5.74, 6) is -0.683. The summed E-state index contributed by atoms with van der Waals surface area (Å²) >= 11 is 0. The molecular weight excluding hydrogens is 276 g/mol. The Balaban J connectivity index is 4.11. The van der Waals surface area contributed by atoms with Gasteiger partial charge in [-0.15, -0.1) is 0 Å². The number of ether oxygens (including phenoxy) is 2. The van der Waals surface area contributed by atoms with Crippen LogP contribution in [0.4, 0.5) is 4.79 Å². The van der Waals surface area contributed by atoms with Crippen LogP contribution in [0.5, 0.6) is 0 Å². The number of carbonyl (C=O) groups excluding carboxylic acids is 3. The number of nitrogens with zero attached hydrogens (tertiary/aromatic N) is 2. The summed E-state index contributed by atoms with van der Waals surface area (Å²) in [5.41, 5.74) is -0.548. The standard InChI is InChI=1S/C14H26N2O5/c1-14(2,3)21-13(19)15(4)9-7-8-11(17)16(5)12(18)10-20-6/h7-10H2,1-6H3. The second-order valence-corrected chi connectivity index (χ2v) is 5.78. The molecule has 0 bridgehead atoms. The van der Waals surface area contributed by atoms with Gasteiger partial charge in [-0.05, 0) is 27.2 Å². The highest BCUT2D eigenvalue weighted by molar-refractivity contribution is 5.95. The molecule has 0 aliphatic carbocycles. The summed E-state index contributed by atoms with van der Waals surface area (Å²) in [4.78, 5) is 37.3. The number of hydrogen-bond donors (Lipinski definition) is 0.